The van der Waals surface area contributed by atoms with E-state index in [2.05, 4.69) is 34.0 Å². The minimum Gasteiger partial charge on any atom is -0.339 e. The fourth-order valence-electron chi connectivity index (χ4n) is 4.71. The van der Waals surface area contributed by atoms with E-state index in [0.717, 1.165) is 38.5 Å². The van der Waals surface area contributed by atoms with E-state index in [1.54, 1.807) is 11.8 Å². The Hall–Kier alpha value is -2.94. The average molecular weight is 472 g/mol. The monoisotopic (exact) mass is 471 g/mol. The van der Waals surface area contributed by atoms with Gasteiger partial charge in [-0.05, 0) is 43.9 Å². The Morgan fingerprint density at radius 1 is 1.09 bits per heavy atom. The summed E-state index contributed by atoms with van der Waals surface area (Å²) in [5.74, 6) is -0.0849. The maximum atomic E-state index is 13.8. The van der Waals surface area contributed by atoms with E-state index >= 15 is 0 Å². The number of aryl methyl sites for hydroxylation is 2. The van der Waals surface area contributed by atoms with E-state index in [-0.39, 0.29) is 35.1 Å². The van der Waals surface area contributed by atoms with E-state index in [1.165, 1.54) is 15.8 Å². The van der Waals surface area contributed by atoms with Gasteiger partial charge in [0.05, 0.1) is 16.6 Å². The van der Waals surface area contributed by atoms with Crippen LogP contribution < -0.4 is 0 Å². The number of alkyl halides is 3. The van der Waals surface area contributed by atoms with Gasteiger partial charge in [-0.3, -0.25) is 9.69 Å². The number of rotatable bonds is 5. The number of halogens is 3. The van der Waals surface area contributed by atoms with Gasteiger partial charge in [-0.15, -0.1) is 0 Å². The lowest BCUT2D eigenvalue weighted by atomic mass is 10.1. The second-order valence-corrected chi connectivity index (χ2v) is 9.39. The van der Waals surface area contributed by atoms with Gasteiger partial charge in [-0.1, -0.05) is 24.3 Å². The van der Waals surface area contributed by atoms with Crippen molar-refractivity contribution in [2.24, 2.45) is 0 Å². The fourth-order valence-corrected chi connectivity index (χ4v) is 4.71. The average Bonchev–Trinajstić information content (AvgIpc) is 3.60. The molecular weight excluding hydrogens is 443 g/mol. The van der Waals surface area contributed by atoms with Gasteiger partial charge in [0.25, 0.3) is 0 Å². The van der Waals surface area contributed by atoms with Crippen molar-refractivity contribution in [1.29, 1.82) is 0 Å². The number of hydrogen-bond donors (Lipinski definition) is 0. The van der Waals surface area contributed by atoms with Crippen molar-refractivity contribution in [2.45, 2.75) is 51.9 Å². The van der Waals surface area contributed by atoms with Gasteiger partial charge in [-0.2, -0.15) is 18.3 Å². The van der Waals surface area contributed by atoms with Crippen molar-refractivity contribution in [3.8, 4) is 0 Å². The third-order valence-electron chi connectivity index (χ3n) is 6.86. The molecule has 0 unspecified atom stereocenters. The summed E-state index contributed by atoms with van der Waals surface area (Å²) in [7, 11) is 0. The molecule has 1 saturated carbocycles. The second kappa shape index (κ2) is 8.69. The molecule has 2 aromatic heterocycles. The van der Waals surface area contributed by atoms with Crippen LogP contribution in [0.25, 0.3) is 11.0 Å². The fraction of sp³-hybridized carbons (Fsp3) is 0.480. The SMILES string of the molecule is Cc1ccccc1CN1CCN(C(=O)Cn2nc(C)c3c(C(F)(F)F)cc(C4CC4)nc32)CC1. The molecule has 6 nitrogen and oxygen atoms in total. The van der Waals surface area contributed by atoms with Crippen LogP contribution in [0.15, 0.2) is 30.3 Å². The zero-order valence-electron chi connectivity index (χ0n) is 19.4. The smallest absolute Gasteiger partial charge is 0.339 e. The summed E-state index contributed by atoms with van der Waals surface area (Å²) in [5, 5.41) is 4.29. The van der Waals surface area contributed by atoms with Gasteiger partial charge in [0.1, 0.15) is 6.54 Å². The lowest BCUT2D eigenvalue weighted by Crippen LogP contribution is -2.49. The van der Waals surface area contributed by atoms with Crippen molar-refractivity contribution in [3.05, 3.63) is 58.4 Å². The number of aromatic nitrogens is 3. The maximum Gasteiger partial charge on any atom is 0.417 e. The highest BCUT2D eigenvalue weighted by Gasteiger charge is 2.38. The lowest BCUT2D eigenvalue weighted by molar-refractivity contribution is -0.136. The van der Waals surface area contributed by atoms with Crippen LogP contribution >= 0.6 is 0 Å². The standard InChI is InChI=1S/C25H28F3N5O/c1-16-5-3-4-6-19(16)14-31-9-11-32(12-10-31)22(34)15-33-24-23(17(2)30-33)20(25(26,27)28)13-21(29-24)18-7-8-18/h3-6,13,18H,7-12,14-15H2,1-2H3. The van der Waals surface area contributed by atoms with Crippen LogP contribution in [0.4, 0.5) is 13.2 Å². The largest absolute Gasteiger partial charge is 0.417 e. The van der Waals surface area contributed by atoms with Crippen molar-refractivity contribution < 1.29 is 18.0 Å². The number of carbonyl (C=O) groups excluding carboxylic acids is 1. The molecule has 1 aliphatic heterocycles. The molecule has 0 spiro atoms. The molecule has 5 rings (SSSR count). The highest BCUT2D eigenvalue weighted by molar-refractivity contribution is 5.85. The number of benzene rings is 1. The van der Waals surface area contributed by atoms with Crippen LogP contribution in [0, 0.1) is 13.8 Å². The first-order valence-corrected chi connectivity index (χ1v) is 11.7. The number of nitrogens with zero attached hydrogens (tertiary/aromatic N) is 5. The first kappa shape index (κ1) is 22.8. The predicted molar refractivity (Wildman–Crippen MR) is 122 cm³/mol. The Bertz CT molecular complexity index is 1220. The van der Waals surface area contributed by atoms with E-state index in [4.69, 9.17) is 0 Å². The molecule has 1 aromatic carbocycles. The second-order valence-electron chi connectivity index (χ2n) is 9.39. The highest BCUT2D eigenvalue weighted by atomic mass is 19.4. The van der Waals surface area contributed by atoms with Crippen LogP contribution in [0.2, 0.25) is 0 Å². The summed E-state index contributed by atoms with van der Waals surface area (Å²) in [6.45, 7) is 7.03. The van der Waals surface area contributed by atoms with Gasteiger partial charge in [0, 0.05) is 44.3 Å². The molecule has 1 amide bonds. The first-order valence-electron chi connectivity index (χ1n) is 11.7. The minimum absolute atomic E-state index is 0.00671. The van der Waals surface area contributed by atoms with Crippen LogP contribution in [-0.4, -0.2) is 56.7 Å². The van der Waals surface area contributed by atoms with Crippen molar-refractivity contribution in [3.63, 3.8) is 0 Å². The lowest BCUT2D eigenvalue weighted by Gasteiger charge is -2.35. The van der Waals surface area contributed by atoms with Crippen molar-refractivity contribution >= 4 is 16.9 Å². The molecule has 3 aromatic rings. The van der Waals surface area contributed by atoms with Crippen LogP contribution in [-0.2, 0) is 24.1 Å². The quantitative estimate of drug-likeness (QED) is 0.557. The number of piperazine rings is 1. The highest BCUT2D eigenvalue weighted by Crippen LogP contribution is 2.43. The molecule has 3 heterocycles. The summed E-state index contributed by atoms with van der Waals surface area (Å²) in [4.78, 5) is 21.7. The summed E-state index contributed by atoms with van der Waals surface area (Å²) in [6.07, 6.45) is -2.82. The Morgan fingerprint density at radius 3 is 2.44 bits per heavy atom. The van der Waals surface area contributed by atoms with Gasteiger partial charge < -0.3 is 4.90 Å². The third-order valence-corrected chi connectivity index (χ3v) is 6.86. The molecule has 0 atom stereocenters. The van der Waals surface area contributed by atoms with Crippen LogP contribution in [0.5, 0.6) is 0 Å². The van der Waals surface area contributed by atoms with Crippen molar-refractivity contribution in [2.75, 3.05) is 26.2 Å². The first-order chi connectivity index (χ1) is 16.2. The molecule has 1 saturated heterocycles. The van der Waals surface area contributed by atoms with E-state index < -0.39 is 11.7 Å². The number of fused-ring (bicyclic) bond motifs is 1. The van der Waals surface area contributed by atoms with Crippen LogP contribution in [0.1, 0.15) is 46.8 Å². The molecule has 2 fully saturated rings. The molecule has 9 heteroatoms. The number of carbonyl (C=O) groups is 1. The Balaban J connectivity index is 1.31. The third kappa shape index (κ3) is 4.53. The Morgan fingerprint density at radius 2 is 1.79 bits per heavy atom. The minimum atomic E-state index is -4.50. The Labute approximate surface area is 196 Å². The van der Waals surface area contributed by atoms with E-state index in [9.17, 15) is 18.0 Å². The van der Waals surface area contributed by atoms with Gasteiger partial charge >= 0.3 is 6.18 Å². The number of hydrogen-bond acceptors (Lipinski definition) is 4. The van der Waals surface area contributed by atoms with Gasteiger partial charge in [-0.25, -0.2) is 9.67 Å². The van der Waals surface area contributed by atoms with Crippen molar-refractivity contribution in [1.82, 2.24) is 24.6 Å². The molecular formula is C25H28F3N5O. The topological polar surface area (TPSA) is 54.3 Å². The normalized spacial score (nSPS) is 17.5. The molecule has 180 valence electrons. The number of amides is 1. The number of pyridine rings is 1. The Kier molecular flexibility index (Phi) is 5.83. The molecule has 1 aliphatic carbocycles. The van der Waals surface area contributed by atoms with Gasteiger partial charge in [0.15, 0.2) is 5.65 Å². The molecule has 34 heavy (non-hydrogen) atoms. The maximum absolute atomic E-state index is 13.8. The summed E-state index contributed by atoms with van der Waals surface area (Å²) in [6, 6.07) is 9.44. The zero-order valence-corrected chi connectivity index (χ0v) is 19.4. The molecule has 0 bridgehead atoms. The molecule has 0 N–H and O–H groups in total. The van der Waals surface area contributed by atoms with Crippen LogP contribution in [0.3, 0.4) is 0 Å². The summed E-state index contributed by atoms with van der Waals surface area (Å²) >= 11 is 0. The summed E-state index contributed by atoms with van der Waals surface area (Å²) in [5.41, 5.74) is 2.66. The van der Waals surface area contributed by atoms with E-state index in [1.807, 2.05) is 12.1 Å². The molecule has 2 aliphatic rings. The van der Waals surface area contributed by atoms with Gasteiger partial charge in [0.2, 0.25) is 5.91 Å². The zero-order chi connectivity index (χ0) is 24.0. The predicted octanol–water partition coefficient (Wildman–Crippen LogP) is 4.29. The van der Waals surface area contributed by atoms with E-state index in [0.29, 0.717) is 18.8 Å². The molecule has 0 radical (unpaired) electrons. The summed E-state index contributed by atoms with van der Waals surface area (Å²) < 4.78 is 42.7.